The van der Waals surface area contributed by atoms with Crippen molar-refractivity contribution in [1.82, 2.24) is 10.6 Å². The maximum atomic E-state index is 12.6. The summed E-state index contributed by atoms with van der Waals surface area (Å²) in [4.78, 5) is 36.7. The zero-order chi connectivity index (χ0) is 20.1. The van der Waals surface area contributed by atoms with Crippen molar-refractivity contribution in [3.05, 3.63) is 42.0 Å². The number of carbonyl (C=O) groups is 3. The molecule has 1 fully saturated rings. The predicted molar refractivity (Wildman–Crippen MR) is 104 cm³/mol. The molecule has 0 saturated heterocycles. The molecule has 3 amide bonds. The number of benzene rings is 2. The summed E-state index contributed by atoms with van der Waals surface area (Å²) in [5, 5.41) is 6.43. The highest BCUT2D eigenvalue weighted by atomic mass is 16.5. The molecule has 148 valence electrons. The van der Waals surface area contributed by atoms with E-state index in [0.717, 1.165) is 31.1 Å². The predicted octanol–water partition coefficient (Wildman–Crippen LogP) is 3.16. The van der Waals surface area contributed by atoms with Gasteiger partial charge >= 0.3 is 12.0 Å². The summed E-state index contributed by atoms with van der Waals surface area (Å²) in [5.41, 5.74) is 0.325. The van der Waals surface area contributed by atoms with Crippen molar-refractivity contribution < 1.29 is 23.9 Å². The van der Waals surface area contributed by atoms with E-state index in [0.29, 0.717) is 16.7 Å². The molecule has 2 aromatic carbocycles. The van der Waals surface area contributed by atoms with Gasteiger partial charge in [-0.25, -0.2) is 9.59 Å². The number of hydrogen-bond donors (Lipinski definition) is 2. The van der Waals surface area contributed by atoms with Gasteiger partial charge in [0.1, 0.15) is 5.75 Å². The van der Waals surface area contributed by atoms with Crippen LogP contribution in [0.1, 0.15) is 43.0 Å². The Morgan fingerprint density at radius 1 is 1.04 bits per heavy atom. The second-order valence-electron chi connectivity index (χ2n) is 6.85. The first-order valence-corrected chi connectivity index (χ1v) is 9.37. The summed E-state index contributed by atoms with van der Waals surface area (Å²) < 4.78 is 10.6. The van der Waals surface area contributed by atoms with Crippen LogP contribution in [-0.4, -0.2) is 37.2 Å². The molecule has 0 aromatic heterocycles. The number of ether oxygens (including phenoxy) is 2. The number of esters is 1. The van der Waals surface area contributed by atoms with Gasteiger partial charge in [0, 0.05) is 11.4 Å². The van der Waals surface area contributed by atoms with Crippen LogP contribution >= 0.6 is 0 Å². The van der Waals surface area contributed by atoms with Gasteiger partial charge in [-0.1, -0.05) is 37.1 Å². The minimum atomic E-state index is -1.11. The van der Waals surface area contributed by atoms with Crippen LogP contribution in [0.15, 0.2) is 36.4 Å². The molecule has 1 saturated carbocycles. The lowest BCUT2D eigenvalue weighted by Crippen LogP contribution is -2.47. The van der Waals surface area contributed by atoms with Crippen molar-refractivity contribution in [1.29, 1.82) is 0 Å². The van der Waals surface area contributed by atoms with Crippen molar-refractivity contribution in [2.45, 2.75) is 44.8 Å². The number of urea groups is 1. The first kappa shape index (κ1) is 19.7. The summed E-state index contributed by atoms with van der Waals surface area (Å²) in [6.45, 7) is 1.43. The third-order valence-corrected chi connectivity index (χ3v) is 4.90. The van der Waals surface area contributed by atoms with Crippen LogP contribution in [-0.2, 0) is 9.53 Å². The highest BCUT2D eigenvalue weighted by Crippen LogP contribution is 2.28. The number of hydrogen-bond acceptors (Lipinski definition) is 5. The highest BCUT2D eigenvalue weighted by Gasteiger charge is 2.24. The number of rotatable bonds is 5. The molecule has 0 heterocycles. The number of amides is 3. The number of nitrogens with one attached hydrogen (secondary N) is 2. The Hall–Kier alpha value is -3.09. The van der Waals surface area contributed by atoms with Crippen molar-refractivity contribution >= 4 is 28.7 Å². The smallest absolute Gasteiger partial charge is 0.339 e. The van der Waals surface area contributed by atoms with Gasteiger partial charge in [-0.05, 0) is 37.3 Å². The molecule has 3 rings (SSSR count). The van der Waals surface area contributed by atoms with Gasteiger partial charge in [-0.3, -0.25) is 10.1 Å². The molecule has 1 atom stereocenters. The number of imide groups is 1. The topological polar surface area (TPSA) is 93.7 Å². The van der Waals surface area contributed by atoms with Gasteiger partial charge in [-0.15, -0.1) is 0 Å². The Morgan fingerprint density at radius 3 is 2.39 bits per heavy atom. The van der Waals surface area contributed by atoms with E-state index in [9.17, 15) is 14.4 Å². The summed E-state index contributed by atoms with van der Waals surface area (Å²) >= 11 is 0. The van der Waals surface area contributed by atoms with E-state index < -0.39 is 24.0 Å². The van der Waals surface area contributed by atoms with Crippen molar-refractivity contribution in [3.8, 4) is 5.75 Å². The van der Waals surface area contributed by atoms with Crippen LogP contribution < -0.4 is 15.4 Å². The van der Waals surface area contributed by atoms with Crippen molar-refractivity contribution in [2.24, 2.45) is 0 Å². The van der Waals surface area contributed by atoms with Crippen LogP contribution in [0.25, 0.3) is 10.8 Å². The maximum absolute atomic E-state index is 12.6. The third kappa shape index (κ3) is 4.42. The van der Waals surface area contributed by atoms with Crippen LogP contribution in [0.2, 0.25) is 0 Å². The minimum absolute atomic E-state index is 0.0938. The lowest BCUT2D eigenvalue weighted by Gasteiger charge is -2.16. The molecule has 0 radical (unpaired) electrons. The molecule has 0 unspecified atom stereocenters. The van der Waals surface area contributed by atoms with E-state index >= 15 is 0 Å². The van der Waals surface area contributed by atoms with E-state index in [1.807, 2.05) is 18.2 Å². The molecule has 1 aliphatic rings. The van der Waals surface area contributed by atoms with E-state index in [1.165, 1.54) is 6.92 Å². The van der Waals surface area contributed by atoms with Crippen molar-refractivity contribution in [2.75, 3.05) is 7.11 Å². The second-order valence-corrected chi connectivity index (χ2v) is 6.85. The zero-order valence-corrected chi connectivity index (χ0v) is 16.0. The summed E-state index contributed by atoms with van der Waals surface area (Å²) in [5.74, 6) is -0.666. The van der Waals surface area contributed by atoms with Crippen LogP contribution in [0.3, 0.4) is 0 Å². The summed E-state index contributed by atoms with van der Waals surface area (Å²) in [6.07, 6.45) is 2.86. The standard InChI is InChI=1S/C21H24N2O5/c1-13(19(24)23-21(26)22-14-7-3-4-8-14)28-20(25)17-11-12-18(27-2)16-10-6-5-9-15(16)17/h5-6,9-14H,3-4,7-8H2,1-2H3,(H2,22,23,24,26)/t13-/m0/s1. The van der Waals surface area contributed by atoms with E-state index in [4.69, 9.17) is 9.47 Å². The Kier molecular flexibility index (Phi) is 6.13. The molecule has 2 N–H and O–H groups in total. The molecule has 28 heavy (non-hydrogen) atoms. The van der Waals surface area contributed by atoms with Gasteiger partial charge in [0.15, 0.2) is 6.10 Å². The normalized spacial score (nSPS) is 15.1. The summed E-state index contributed by atoms with van der Waals surface area (Å²) in [7, 11) is 1.56. The second kappa shape index (κ2) is 8.73. The monoisotopic (exact) mass is 384 g/mol. The average Bonchev–Trinajstić information content (AvgIpc) is 3.19. The minimum Gasteiger partial charge on any atom is -0.496 e. The van der Waals surface area contributed by atoms with Gasteiger partial charge < -0.3 is 14.8 Å². The van der Waals surface area contributed by atoms with Crippen molar-refractivity contribution in [3.63, 3.8) is 0 Å². The highest BCUT2D eigenvalue weighted by molar-refractivity contribution is 6.07. The number of fused-ring (bicyclic) bond motifs is 1. The summed E-state index contributed by atoms with van der Waals surface area (Å²) in [6, 6.07) is 10.1. The van der Waals surface area contributed by atoms with Gasteiger partial charge in [0.2, 0.25) is 0 Å². The van der Waals surface area contributed by atoms with E-state index in [2.05, 4.69) is 10.6 Å². The Balaban J connectivity index is 1.64. The third-order valence-electron chi connectivity index (χ3n) is 4.90. The molecule has 1 aliphatic carbocycles. The zero-order valence-electron chi connectivity index (χ0n) is 16.0. The molecular formula is C21H24N2O5. The van der Waals surface area contributed by atoms with Gasteiger partial charge in [-0.2, -0.15) is 0 Å². The lowest BCUT2D eigenvalue weighted by molar-refractivity contribution is -0.127. The fourth-order valence-corrected chi connectivity index (χ4v) is 3.41. The number of methoxy groups -OCH3 is 1. The molecule has 0 aliphatic heterocycles. The Morgan fingerprint density at radius 2 is 1.71 bits per heavy atom. The van der Waals surface area contributed by atoms with Gasteiger partial charge in [0.05, 0.1) is 12.7 Å². The van der Waals surface area contributed by atoms with Gasteiger partial charge in [0.25, 0.3) is 5.91 Å². The number of carbonyl (C=O) groups excluding carboxylic acids is 3. The first-order chi connectivity index (χ1) is 13.5. The fraction of sp³-hybridized carbons (Fsp3) is 0.381. The quantitative estimate of drug-likeness (QED) is 0.773. The SMILES string of the molecule is COc1ccc(C(=O)O[C@@H](C)C(=O)NC(=O)NC2CCCC2)c2ccccc12. The maximum Gasteiger partial charge on any atom is 0.339 e. The average molecular weight is 384 g/mol. The van der Waals surface area contributed by atoms with E-state index in [-0.39, 0.29) is 6.04 Å². The molecule has 7 heteroatoms. The molecule has 7 nitrogen and oxygen atoms in total. The first-order valence-electron chi connectivity index (χ1n) is 9.37. The lowest BCUT2D eigenvalue weighted by atomic mass is 10.0. The van der Waals surface area contributed by atoms with Crippen LogP contribution in [0.5, 0.6) is 5.75 Å². The van der Waals surface area contributed by atoms with Crippen LogP contribution in [0, 0.1) is 0 Å². The van der Waals surface area contributed by atoms with E-state index in [1.54, 1.807) is 25.3 Å². The Bertz CT molecular complexity index is 889. The molecule has 2 aromatic rings. The molecule has 0 bridgehead atoms. The van der Waals surface area contributed by atoms with Crippen LogP contribution in [0.4, 0.5) is 4.79 Å². The fourth-order valence-electron chi connectivity index (χ4n) is 3.41. The Labute approximate surface area is 163 Å². The molecule has 0 spiro atoms. The largest absolute Gasteiger partial charge is 0.496 e. The molecular weight excluding hydrogens is 360 g/mol.